The maximum absolute atomic E-state index is 5.26. The summed E-state index contributed by atoms with van der Waals surface area (Å²) in [5.74, 6) is 1.03. The first-order chi connectivity index (χ1) is 12.4. The topological polar surface area (TPSA) is 9.23 Å². The Morgan fingerprint density at radius 2 is 1.08 bits per heavy atom. The van der Waals surface area contributed by atoms with Crippen LogP contribution in [-0.2, 0) is 9.48 Å². The van der Waals surface area contributed by atoms with Crippen molar-refractivity contribution in [3.63, 3.8) is 0 Å². The molecule has 0 radical (unpaired) electrons. The number of hydrogen-bond donors (Lipinski definition) is 0. The Labute approximate surface area is 155 Å². The molecule has 2 heteroatoms. The molecule has 0 amide bonds. The first-order valence-corrected chi connectivity index (χ1v) is 9.66. The number of methoxy groups -OCH3 is 1. The zero-order chi connectivity index (χ0) is 17.4. The highest BCUT2D eigenvalue weighted by atomic mass is 32.2. The molecule has 1 nitrogen and oxygen atoms in total. The van der Waals surface area contributed by atoms with E-state index in [1.165, 1.54) is 16.7 Å². The van der Waals surface area contributed by atoms with Crippen molar-refractivity contribution in [2.24, 2.45) is 0 Å². The minimum atomic E-state index is -0.211. The van der Waals surface area contributed by atoms with Crippen LogP contribution < -0.4 is 0 Å². The smallest absolute Gasteiger partial charge is 0.0906 e. The van der Waals surface area contributed by atoms with E-state index in [0.29, 0.717) is 0 Å². The molecule has 0 bridgehead atoms. The lowest BCUT2D eigenvalue weighted by Crippen LogP contribution is -2.26. The summed E-state index contributed by atoms with van der Waals surface area (Å²) < 4.78 is 5.05. The summed E-state index contributed by atoms with van der Waals surface area (Å²) in [6, 6.07) is 32.5. The maximum Gasteiger partial charge on any atom is 0.0906 e. The first kappa shape index (κ1) is 17.8. The minimum Gasteiger partial charge on any atom is -0.385 e. The van der Waals surface area contributed by atoms with Gasteiger partial charge < -0.3 is 4.74 Å². The molecule has 0 saturated heterocycles. The van der Waals surface area contributed by atoms with Crippen molar-refractivity contribution in [3.05, 3.63) is 108 Å². The zero-order valence-electron chi connectivity index (χ0n) is 14.6. The van der Waals surface area contributed by atoms with Gasteiger partial charge in [0.05, 0.1) is 4.75 Å². The van der Waals surface area contributed by atoms with E-state index in [1.807, 2.05) is 11.8 Å². The standard InChI is InChI=1S/C23H24OS/c1-24-18-11-19-25-23(20-12-5-2-6-13-20,21-14-7-3-8-15-21)22-16-9-4-10-17-22/h2-10,12-17H,11,18-19H2,1H3. The molecule has 0 aliphatic carbocycles. The lowest BCUT2D eigenvalue weighted by molar-refractivity contribution is 0.200. The van der Waals surface area contributed by atoms with Crippen LogP contribution in [0.25, 0.3) is 0 Å². The average Bonchev–Trinajstić information content (AvgIpc) is 2.70. The molecule has 0 atom stereocenters. The third-order valence-electron chi connectivity index (χ3n) is 4.35. The number of ether oxygens (including phenoxy) is 1. The fourth-order valence-corrected chi connectivity index (χ4v) is 4.67. The van der Waals surface area contributed by atoms with Crippen LogP contribution in [0.2, 0.25) is 0 Å². The SMILES string of the molecule is COCCCSC(c1ccccc1)(c1ccccc1)c1ccccc1. The molecular weight excluding hydrogens is 324 g/mol. The number of thioether (sulfide) groups is 1. The Morgan fingerprint density at radius 1 is 0.680 bits per heavy atom. The van der Waals surface area contributed by atoms with Gasteiger partial charge in [0.1, 0.15) is 0 Å². The van der Waals surface area contributed by atoms with E-state index in [0.717, 1.165) is 18.8 Å². The summed E-state index contributed by atoms with van der Waals surface area (Å²) in [7, 11) is 1.77. The van der Waals surface area contributed by atoms with Crippen molar-refractivity contribution in [2.45, 2.75) is 11.2 Å². The second-order valence-electron chi connectivity index (χ2n) is 5.97. The molecule has 0 spiro atoms. The quantitative estimate of drug-likeness (QED) is 0.379. The highest BCUT2D eigenvalue weighted by Crippen LogP contribution is 2.48. The second-order valence-corrected chi connectivity index (χ2v) is 7.28. The highest BCUT2D eigenvalue weighted by molar-refractivity contribution is 8.00. The predicted octanol–water partition coefficient (Wildman–Crippen LogP) is 5.75. The lowest BCUT2D eigenvalue weighted by Gasteiger charge is -2.35. The molecular formula is C23H24OS. The Balaban J connectivity index is 2.13. The van der Waals surface area contributed by atoms with E-state index in [2.05, 4.69) is 91.0 Å². The highest BCUT2D eigenvalue weighted by Gasteiger charge is 2.36. The van der Waals surface area contributed by atoms with Crippen LogP contribution in [0.1, 0.15) is 23.1 Å². The number of benzene rings is 3. The van der Waals surface area contributed by atoms with Crippen molar-refractivity contribution >= 4 is 11.8 Å². The van der Waals surface area contributed by atoms with E-state index in [-0.39, 0.29) is 4.75 Å². The van der Waals surface area contributed by atoms with Gasteiger partial charge in [0.2, 0.25) is 0 Å². The Hall–Kier alpha value is -2.03. The van der Waals surface area contributed by atoms with E-state index in [9.17, 15) is 0 Å². The maximum atomic E-state index is 5.26. The van der Waals surface area contributed by atoms with Crippen molar-refractivity contribution in [3.8, 4) is 0 Å². The van der Waals surface area contributed by atoms with Gasteiger partial charge >= 0.3 is 0 Å². The van der Waals surface area contributed by atoms with Crippen molar-refractivity contribution in [1.29, 1.82) is 0 Å². The van der Waals surface area contributed by atoms with Gasteiger partial charge in [0.15, 0.2) is 0 Å². The fourth-order valence-electron chi connectivity index (χ4n) is 3.20. The lowest BCUT2D eigenvalue weighted by atomic mass is 9.84. The van der Waals surface area contributed by atoms with Gasteiger partial charge in [-0.3, -0.25) is 0 Å². The molecule has 3 aromatic rings. The van der Waals surface area contributed by atoms with Crippen molar-refractivity contribution in [2.75, 3.05) is 19.5 Å². The summed E-state index contributed by atoms with van der Waals surface area (Å²) in [4.78, 5) is 0. The van der Waals surface area contributed by atoms with Gasteiger partial charge in [-0.2, -0.15) is 0 Å². The van der Waals surface area contributed by atoms with Gasteiger partial charge in [0, 0.05) is 13.7 Å². The first-order valence-electron chi connectivity index (χ1n) is 8.67. The molecule has 3 rings (SSSR count). The molecule has 0 saturated carbocycles. The third-order valence-corrected chi connectivity index (χ3v) is 5.99. The molecule has 3 aromatic carbocycles. The molecule has 0 unspecified atom stereocenters. The molecule has 0 aliphatic rings. The summed E-state index contributed by atoms with van der Waals surface area (Å²) in [5.41, 5.74) is 3.94. The van der Waals surface area contributed by atoms with Crippen LogP contribution >= 0.6 is 11.8 Å². The summed E-state index contributed by atoms with van der Waals surface area (Å²) in [6.45, 7) is 0.793. The Kier molecular flexibility index (Phi) is 6.32. The van der Waals surface area contributed by atoms with E-state index in [1.54, 1.807) is 7.11 Å². The van der Waals surface area contributed by atoms with Gasteiger partial charge in [0.25, 0.3) is 0 Å². The number of hydrogen-bond acceptors (Lipinski definition) is 2. The van der Waals surface area contributed by atoms with Crippen LogP contribution in [0.4, 0.5) is 0 Å². The van der Waals surface area contributed by atoms with Crippen LogP contribution in [0.15, 0.2) is 91.0 Å². The van der Waals surface area contributed by atoms with Gasteiger partial charge in [-0.1, -0.05) is 91.0 Å². The normalized spacial score (nSPS) is 11.4. The third kappa shape index (κ3) is 3.97. The molecule has 0 aliphatic heterocycles. The van der Waals surface area contributed by atoms with Gasteiger partial charge in [-0.15, -0.1) is 11.8 Å². The van der Waals surface area contributed by atoms with Crippen molar-refractivity contribution in [1.82, 2.24) is 0 Å². The Bertz CT molecular complexity index is 644. The fraction of sp³-hybridized carbons (Fsp3) is 0.217. The Morgan fingerprint density at radius 3 is 1.44 bits per heavy atom. The van der Waals surface area contributed by atoms with Gasteiger partial charge in [-0.05, 0) is 28.9 Å². The second kappa shape index (κ2) is 8.89. The van der Waals surface area contributed by atoms with Crippen LogP contribution in [0.5, 0.6) is 0 Å². The minimum absolute atomic E-state index is 0.211. The monoisotopic (exact) mass is 348 g/mol. The van der Waals surface area contributed by atoms with E-state index < -0.39 is 0 Å². The van der Waals surface area contributed by atoms with Crippen LogP contribution in [0, 0.1) is 0 Å². The molecule has 0 heterocycles. The van der Waals surface area contributed by atoms with E-state index >= 15 is 0 Å². The summed E-state index contributed by atoms with van der Waals surface area (Å²) in [5, 5.41) is 0. The van der Waals surface area contributed by atoms with Gasteiger partial charge in [-0.25, -0.2) is 0 Å². The summed E-state index contributed by atoms with van der Waals surface area (Å²) >= 11 is 1.99. The average molecular weight is 349 g/mol. The van der Waals surface area contributed by atoms with Crippen LogP contribution in [-0.4, -0.2) is 19.5 Å². The van der Waals surface area contributed by atoms with Crippen LogP contribution in [0.3, 0.4) is 0 Å². The molecule has 128 valence electrons. The largest absolute Gasteiger partial charge is 0.385 e. The molecule has 0 N–H and O–H groups in total. The molecule has 25 heavy (non-hydrogen) atoms. The molecule has 0 aromatic heterocycles. The summed E-state index contributed by atoms with van der Waals surface area (Å²) in [6.07, 6.45) is 1.04. The predicted molar refractivity (Wildman–Crippen MR) is 108 cm³/mol. The van der Waals surface area contributed by atoms with E-state index in [4.69, 9.17) is 4.74 Å². The number of rotatable bonds is 8. The zero-order valence-corrected chi connectivity index (χ0v) is 15.4. The molecule has 0 fully saturated rings. The van der Waals surface area contributed by atoms with Crippen molar-refractivity contribution < 1.29 is 4.74 Å².